The number of piperidine rings is 1. The summed E-state index contributed by atoms with van der Waals surface area (Å²) >= 11 is 8.00. The number of aromatic hydroxyl groups is 1. The van der Waals surface area contributed by atoms with E-state index >= 15 is 0 Å². The van der Waals surface area contributed by atoms with Crippen molar-refractivity contribution < 1.29 is 19.5 Å². The van der Waals surface area contributed by atoms with Crippen LogP contribution in [0.5, 0.6) is 5.75 Å². The summed E-state index contributed by atoms with van der Waals surface area (Å²) in [5.41, 5.74) is 17.1. The second kappa shape index (κ2) is 26.0. The first-order valence-electron chi connectivity index (χ1n) is 22.8. The number of hydrogen-bond acceptors (Lipinski definition) is 13. The molecule has 0 unspecified atom stereocenters. The highest BCUT2D eigenvalue weighted by molar-refractivity contribution is 7.99. The van der Waals surface area contributed by atoms with E-state index in [1.54, 1.807) is 41.1 Å². The van der Waals surface area contributed by atoms with E-state index in [9.17, 15) is 19.5 Å². The van der Waals surface area contributed by atoms with Crippen LogP contribution in [0.4, 0.5) is 23.0 Å². The highest BCUT2D eigenvalue weighted by atomic mass is 35.5. The minimum atomic E-state index is -0.499. The number of nitrogens with two attached hydrogens (primary N) is 2. The van der Waals surface area contributed by atoms with E-state index < -0.39 is 5.91 Å². The highest BCUT2D eigenvalue weighted by Crippen LogP contribution is 2.39. The smallest absolute Gasteiger partial charge is 0.286 e. The maximum absolute atomic E-state index is 13.2. The molecule has 6 rings (SSSR count). The zero-order valence-electron chi connectivity index (χ0n) is 39.9. The second-order valence-electron chi connectivity index (χ2n) is 17.0. The molecule has 18 heteroatoms. The Labute approximate surface area is 405 Å². The van der Waals surface area contributed by atoms with Gasteiger partial charge in [0.25, 0.3) is 5.91 Å². The van der Waals surface area contributed by atoms with Crippen LogP contribution in [0.1, 0.15) is 88.5 Å². The van der Waals surface area contributed by atoms with Gasteiger partial charge in [-0.05, 0) is 94.3 Å². The first-order chi connectivity index (χ1) is 32.0. The zero-order chi connectivity index (χ0) is 49.3. The van der Waals surface area contributed by atoms with Crippen LogP contribution in [0.15, 0.2) is 70.7 Å². The molecule has 0 atom stereocenters. The normalized spacial score (nSPS) is 14.4. The van der Waals surface area contributed by atoms with Crippen LogP contribution >= 0.6 is 23.4 Å². The number of benzene rings is 3. The van der Waals surface area contributed by atoms with Gasteiger partial charge in [0, 0.05) is 86.9 Å². The number of piperazine rings is 1. The molecular weight excluding hydrogens is 888 g/mol. The first kappa shape index (κ1) is 53.9. The molecule has 2 saturated heterocycles. The molecule has 0 radical (unpaired) electrons. The molecule has 0 bridgehead atoms. The van der Waals surface area contributed by atoms with Crippen LogP contribution in [-0.2, 0) is 27.5 Å². The number of carbonyl (C=O) groups is 3. The van der Waals surface area contributed by atoms with Gasteiger partial charge in [-0.3, -0.25) is 24.7 Å². The van der Waals surface area contributed by atoms with E-state index in [-0.39, 0.29) is 54.1 Å². The minimum absolute atomic E-state index is 0.0104. The fourth-order valence-electron chi connectivity index (χ4n) is 7.26. The Kier molecular flexibility index (Phi) is 20.9. The molecule has 4 aromatic rings. The topological polar surface area (TPSA) is 234 Å². The van der Waals surface area contributed by atoms with Crippen molar-refractivity contribution >= 4 is 76.6 Å². The number of nitrogen functional groups attached to an aromatic ring is 1. The molecule has 0 saturated carbocycles. The number of phenols is 1. The maximum atomic E-state index is 13.2. The van der Waals surface area contributed by atoms with Crippen molar-refractivity contribution in [3.63, 3.8) is 0 Å². The number of carbonyl (C=O) groups excluding carboxylic acids is 3. The van der Waals surface area contributed by atoms with E-state index in [1.807, 2.05) is 50.2 Å². The SMILES string of the molecule is C=N.CCCC.CCNC(=O)C(=N)N(Cc1cc(C)c(C)cc1O)c1ccc(CN2CCN(C(=O)CCC(=O)Nc3cccc(Sc4ncc(N5CCC(C)(N)CC5)nc4N)c3Cl)CC2)cc1. The lowest BCUT2D eigenvalue weighted by Gasteiger charge is -2.37. The first-order valence-corrected chi connectivity index (χ1v) is 24.0. The molecule has 2 fully saturated rings. The van der Waals surface area contributed by atoms with Gasteiger partial charge in [0.2, 0.25) is 11.8 Å². The Bertz CT molecular complexity index is 2290. The van der Waals surface area contributed by atoms with Crippen LogP contribution in [0.2, 0.25) is 5.02 Å². The number of unbranched alkanes of at least 4 members (excludes halogenated alkanes) is 1. The van der Waals surface area contributed by atoms with Crippen LogP contribution in [-0.4, -0.2) is 107 Å². The van der Waals surface area contributed by atoms with Gasteiger partial charge in [0.15, 0.2) is 11.7 Å². The van der Waals surface area contributed by atoms with Crippen molar-refractivity contribution in [2.45, 2.75) is 109 Å². The van der Waals surface area contributed by atoms with Gasteiger partial charge in [-0.1, -0.05) is 74.3 Å². The highest BCUT2D eigenvalue weighted by Gasteiger charge is 2.28. The molecule has 0 spiro atoms. The molecule has 2 aliphatic rings. The molecule has 362 valence electrons. The lowest BCUT2D eigenvalue weighted by molar-refractivity contribution is -0.134. The average Bonchev–Trinajstić information content (AvgIpc) is 3.32. The zero-order valence-corrected chi connectivity index (χ0v) is 41.5. The Morgan fingerprint density at radius 1 is 0.955 bits per heavy atom. The second-order valence-corrected chi connectivity index (χ2v) is 18.4. The van der Waals surface area contributed by atoms with Crippen molar-refractivity contribution in [1.29, 1.82) is 10.8 Å². The number of likely N-dealkylation sites (N-methyl/N-ethyl adjacent to an activating group) is 1. The van der Waals surface area contributed by atoms with Gasteiger partial charge in [-0.25, -0.2) is 9.97 Å². The predicted octanol–water partition coefficient (Wildman–Crippen LogP) is 7.76. The molecule has 3 heterocycles. The van der Waals surface area contributed by atoms with E-state index in [4.69, 9.17) is 33.9 Å². The van der Waals surface area contributed by atoms with Crippen molar-refractivity contribution in [2.75, 3.05) is 66.7 Å². The molecule has 67 heavy (non-hydrogen) atoms. The monoisotopic (exact) mass is 956 g/mol. The summed E-state index contributed by atoms with van der Waals surface area (Å²) in [7, 11) is 0. The summed E-state index contributed by atoms with van der Waals surface area (Å²) in [6.07, 6.45) is 6.13. The van der Waals surface area contributed by atoms with Crippen molar-refractivity contribution in [3.8, 4) is 5.75 Å². The Balaban J connectivity index is 0.00000155. The predicted molar refractivity (Wildman–Crippen MR) is 273 cm³/mol. The van der Waals surface area contributed by atoms with E-state index in [0.29, 0.717) is 77.0 Å². The molecular formula is C49H69ClN12O4S. The largest absolute Gasteiger partial charge is 0.508 e. The number of aromatic nitrogens is 2. The maximum Gasteiger partial charge on any atom is 0.286 e. The standard InChI is InChI=1S/C44H56ClN11O4S.C4H10.CH3N/c1-5-49-42(60)41(47)56(27-31-23-28(2)29(3)24-34(31)57)32-11-9-30(10-12-32)26-53-19-21-55(22-20-53)38(59)14-13-37(58)51-33-7-6-8-35(39(33)45)61-43-40(46)52-36(25-50-43)54-17-15-44(4,48)16-18-54;1-3-4-2;1-2/h6-12,23-25,47,57H,5,13-22,26-27,48H2,1-4H3,(H2,46,52)(H,49,60)(H,51,58);3-4H2,1-2H3;2H,1H2. The Morgan fingerprint density at radius 2 is 1.60 bits per heavy atom. The number of amides is 3. The number of anilines is 4. The number of amidine groups is 1. The lowest BCUT2D eigenvalue weighted by atomic mass is 9.91. The van der Waals surface area contributed by atoms with Gasteiger partial charge >= 0.3 is 0 Å². The number of aryl methyl sites for hydroxylation is 2. The number of halogens is 1. The molecule has 3 amide bonds. The fraction of sp³-hybridized carbons (Fsp3) is 0.449. The van der Waals surface area contributed by atoms with Crippen molar-refractivity contribution in [3.05, 3.63) is 88.1 Å². The fourth-order valence-corrected chi connectivity index (χ4v) is 8.36. The Hall–Kier alpha value is -5.75. The number of rotatable bonds is 14. The average molecular weight is 958 g/mol. The molecule has 9 N–H and O–H groups in total. The third-order valence-corrected chi connectivity index (χ3v) is 13.3. The van der Waals surface area contributed by atoms with Crippen molar-refractivity contribution in [1.82, 2.24) is 25.1 Å². The van der Waals surface area contributed by atoms with Crippen LogP contribution in [0, 0.1) is 24.7 Å². The third-order valence-electron chi connectivity index (χ3n) is 11.7. The van der Waals surface area contributed by atoms with Gasteiger partial charge < -0.3 is 47.3 Å². The molecule has 3 aromatic carbocycles. The molecule has 1 aromatic heterocycles. The van der Waals surface area contributed by atoms with Crippen LogP contribution in [0.3, 0.4) is 0 Å². The quantitative estimate of drug-likeness (QED) is 0.0475. The number of nitrogens with zero attached hydrogens (tertiary/aromatic N) is 6. The van der Waals surface area contributed by atoms with E-state index in [0.717, 1.165) is 42.6 Å². The number of phenolic OH excluding ortho intramolecular Hbond substituents is 1. The molecule has 2 aliphatic heterocycles. The van der Waals surface area contributed by atoms with Crippen LogP contribution < -0.4 is 31.9 Å². The van der Waals surface area contributed by atoms with Gasteiger partial charge in [0.1, 0.15) is 16.6 Å². The summed E-state index contributed by atoms with van der Waals surface area (Å²) in [5, 5.41) is 31.2. The number of hydrogen-bond donors (Lipinski definition) is 7. The summed E-state index contributed by atoms with van der Waals surface area (Å²) in [6.45, 7) is 19.8. The van der Waals surface area contributed by atoms with E-state index in [2.05, 4.69) is 57.9 Å². The Morgan fingerprint density at radius 3 is 2.21 bits per heavy atom. The molecule has 16 nitrogen and oxygen atoms in total. The van der Waals surface area contributed by atoms with E-state index in [1.165, 1.54) is 24.6 Å². The number of nitrogens with one attached hydrogen (secondary N) is 4. The summed E-state index contributed by atoms with van der Waals surface area (Å²) in [4.78, 5) is 56.5. The minimum Gasteiger partial charge on any atom is -0.508 e. The van der Waals surface area contributed by atoms with Crippen LogP contribution in [0.25, 0.3) is 0 Å². The third kappa shape index (κ3) is 15.7. The molecule has 0 aliphatic carbocycles. The lowest BCUT2D eigenvalue weighted by Crippen LogP contribution is -2.48. The van der Waals surface area contributed by atoms with Gasteiger partial charge in [0.05, 0.1) is 23.5 Å². The van der Waals surface area contributed by atoms with Gasteiger partial charge in [-0.2, -0.15) is 0 Å². The summed E-state index contributed by atoms with van der Waals surface area (Å²) in [6, 6.07) is 16.6. The van der Waals surface area contributed by atoms with Crippen molar-refractivity contribution in [2.24, 2.45) is 5.73 Å². The summed E-state index contributed by atoms with van der Waals surface area (Å²) in [5.74, 6) is -0.00461. The summed E-state index contributed by atoms with van der Waals surface area (Å²) < 4.78 is 0. The van der Waals surface area contributed by atoms with Gasteiger partial charge in [-0.15, -0.1) is 0 Å².